The zero-order chi connectivity index (χ0) is 38.6. The lowest BCUT2D eigenvalue weighted by Crippen LogP contribution is -2.60. The minimum atomic E-state index is -0.628. The van der Waals surface area contributed by atoms with Gasteiger partial charge in [-0.1, -0.05) is 39.7 Å². The number of amides is 2. The summed E-state index contributed by atoms with van der Waals surface area (Å²) in [6.07, 6.45) is 12.3. The van der Waals surface area contributed by atoms with E-state index >= 15 is 0 Å². The van der Waals surface area contributed by atoms with Crippen molar-refractivity contribution in [2.75, 3.05) is 53.7 Å². The number of nitrogen functional groups attached to an aromatic ring is 1. The van der Waals surface area contributed by atoms with Crippen molar-refractivity contribution in [3.05, 3.63) is 65.8 Å². The summed E-state index contributed by atoms with van der Waals surface area (Å²) in [5, 5.41) is 3.96. The number of hydrogen-bond donors (Lipinski definition) is 2. The summed E-state index contributed by atoms with van der Waals surface area (Å²) in [7, 11) is 1.58. The molecule has 288 valence electrons. The molecule has 2 unspecified atom stereocenters. The first-order valence-corrected chi connectivity index (χ1v) is 19.9. The average Bonchev–Trinajstić information content (AvgIpc) is 3.79. The molecule has 3 fully saturated rings. The van der Waals surface area contributed by atoms with Crippen molar-refractivity contribution in [3.8, 4) is 0 Å². The lowest BCUT2D eigenvalue weighted by atomic mass is 9.79. The minimum absolute atomic E-state index is 0.0165. The maximum absolute atomic E-state index is 13.6. The maximum Gasteiger partial charge on any atom is 0.238 e. The molecule has 4 aromatic rings. The van der Waals surface area contributed by atoms with E-state index in [9.17, 15) is 14.4 Å². The fourth-order valence-corrected chi connectivity index (χ4v) is 8.16. The Labute approximate surface area is 323 Å². The van der Waals surface area contributed by atoms with E-state index in [4.69, 9.17) is 17.3 Å². The van der Waals surface area contributed by atoms with Gasteiger partial charge in [0, 0.05) is 86.6 Å². The van der Waals surface area contributed by atoms with Crippen LogP contribution in [-0.4, -0.2) is 76.9 Å². The molecular weight excluding hydrogens is 702 g/mol. The van der Waals surface area contributed by atoms with Gasteiger partial charge in [0.2, 0.25) is 17.1 Å². The van der Waals surface area contributed by atoms with Crippen molar-refractivity contribution in [1.82, 2.24) is 24.8 Å². The number of aromatic nitrogens is 4. The third-order valence-electron chi connectivity index (χ3n) is 11.4. The summed E-state index contributed by atoms with van der Waals surface area (Å²) in [6, 6.07) is 11.8. The minimum Gasteiger partial charge on any atom is -0.384 e. The van der Waals surface area contributed by atoms with Crippen LogP contribution in [0.1, 0.15) is 84.2 Å². The van der Waals surface area contributed by atoms with Crippen LogP contribution in [0.5, 0.6) is 0 Å². The molecular formula is C41H54ClN9O3. The van der Waals surface area contributed by atoms with E-state index in [0.717, 1.165) is 79.0 Å². The lowest BCUT2D eigenvalue weighted by molar-refractivity contribution is -0.123. The average molecular weight is 756 g/mol. The summed E-state index contributed by atoms with van der Waals surface area (Å²) < 4.78 is 2.18. The van der Waals surface area contributed by atoms with E-state index in [2.05, 4.69) is 60.7 Å². The van der Waals surface area contributed by atoms with Crippen molar-refractivity contribution in [2.45, 2.75) is 90.1 Å². The number of unbranched alkanes of at least 4 members (excludes halogenated alkanes) is 1. The standard InChI is InChI=1S/C27H32N6O3.C12H16ClN3.C2H6/c1-29-24(35)8-6-20(16-34)33-22-4-2-3-21(25(22)27(9-10-27)26(33)36)32-14-18(15-32)17-12-31(13-17)19-5-7-23(28)30-11-19;1-3-4-5-9(2)16-7-6-10-8-14-12(13)15-11(10)16;1-2/h2-5,7,11,16-18,20H,6,8-10,12-15H2,1H3,(H2,28,30)(H,29,35);6-9H,3-5H2,1-2H3;1-2H3. The van der Waals surface area contributed by atoms with Crippen LogP contribution in [0.4, 0.5) is 22.9 Å². The van der Waals surface area contributed by atoms with E-state index in [0.29, 0.717) is 35.4 Å². The number of carbonyl (C=O) groups excluding carboxylic acids is 3. The number of hydrogen-bond acceptors (Lipinski definition) is 9. The summed E-state index contributed by atoms with van der Waals surface area (Å²) in [4.78, 5) is 56.3. The molecule has 12 nitrogen and oxygen atoms in total. The zero-order valence-corrected chi connectivity index (χ0v) is 32.9. The number of pyridine rings is 1. The predicted octanol–water partition coefficient (Wildman–Crippen LogP) is 6.57. The van der Waals surface area contributed by atoms with Gasteiger partial charge < -0.3 is 35.1 Å². The smallest absolute Gasteiger partial charge is 0.238 e. The Balaban J connectivity index is 0.000000231. The Kier molecular flexibility index (Phi) is 12.1. The largest absolute Gasteiger partial charge is 0.384 e. The van der Waals surface area contributed by atoms with Crippen LogP contribution < -0.4 is 25.8 Å². The van der Waals surface area contributed by atoms with Crippen LogP contribution in [0.2, 0.25) is 5.28 Å². The van der Waals surface area contributed by atoms with Crippen molar-refractivity contribution in [2.24, 2.45) is 11.8 Å². The first-order chi connectivity index (χ1) is 26.2. The molecule has 54 heavy (non-hydrogen) atoms. The first kappa shape index (κ1) is 39.0. The Morgan fingerprint density at radius 3 is 2.35 bits per heavy atom. The summed E-state index contributed by atoms with van der Waals surface area (Å²) >= 11 is 5.82. The number of halogens is 1. The van der Waals surface area contributed by atoms with E-state index in [1.807, 2.05) is 50.4 Å². The molecule has 3 aliphatic heterocycles. The third-order valence-corrected chi connectivity index (χ3v) is 11.6. The van der Waals surface area contributed by atoms with Gasteiger partial charge in [-0.2, -0.15) is 4.98 Å². The van der Waals surface area contributed by atoms with Gasteiger partial charge in [-0.3, -0.25) is 9.59 Å². The fourth-order valence-electron chi connectivity index (χ4n) is 8.03. The van der Waals surface area contributed by atoms with E-state index in [1.54, 1.807) is 18.1 Å². The number of benzene rings is 1. The number of aldehydes is 1. The Bertz CT molecular complexity index is 1930. The lowest BCUT2D eigenvalue weighted by Gasteiger charge is -2.52. The molecule has 0 bridgehead atoms. The summed E-state index contributed by atoms with van der Waals surface area (Å²) in [6.45, 7) is 12.4. The van der Waals surface area contributed by atoms with Gasteiger partial charge >= 0.3 is 0 Å². The number of nitrogens with zero attached hydrogens (tertiary/aromatic N) is 7. The van der Waals surface area contributed by atoms with Crippen molar-refractivity contribution in [1.29, 1.82) is 0 Å². The molecule has 1 aliphatic carbocycles. The number of nitrogens with one attached hydrogen (secondary N) is 1. The highest BCUT2D eigenvalue weighted by Gasteiger charge is 2.62. The van der Waals surface area contributed by atoms with Gasteiger partial charge in [0.1, 0.15) is 17.8 Å². The quantitative estimate of drug-likeness (QED) is 0.121. The van der Waals surface area contributed by atoms with E-state index in [1.165, 1.54) is 19.3 Å². The van der Waals surface area contributed by atoms with Gasteiger partial charge in [0.05, 0.1) is 29.0 Å². The Hall–Kier alpha value is -4.71. The molecule has 8 rings (SSSR count). The molecule has 13 heteroatoms. The highest BCUT2D eigenvalue weighted by molar-refractivity contribution is 6.28. The number of anilines is 4. The van der Waals surface area contributed by atoms with E-state index in [-0.39, 0.29) is 18.2 Å². The van der Waals surface area contributed by atoms with Gasteiger partial charge in [-0.15, -0.1) is 0 Å². The summed E-state index contributed by atoms with van der Waals surface area (Å²) in [5.74, 6) is 1.70. The van der Waals surface area contributed by atoms with Crippen LogP contribution in [0, 0.1) is 11.8 Å². The first-order valence-electron chi connectivity index (χ1n) is 19.5. The monoisotopic (exact) mass is 755 g/mol. The Morgan fingerprint density at radius 1 is 1.02 bits per heavy atom. The van der Waals surface area contributed by atoms with Gasteiger partial charge in [0.15, 0.2) is 0 Å². The number of fused-ring (bicyclic) bond motifs is 3. The van der Waals surface area contributed by atoms with Gasteiger partial charge in [-0.25, -0.2) is 9.97 Å². The van der Waals surface area contributed by atoms with Gasteiger partial charge in [-0.05, 0) is 74.5 Å². The molecule has 0 radical (unpaired) electrons. The third kappa shape index (κ3) is 7.62. The number of rotatable bonds is 12. The molecule has 3 aromatic heterocycles. The summed E-state index contributed by atoms with van der Waals surface area (Å²) in [5.41, 5.74) is 10.3. The molecule has 6 heterocycles. The normalized spacial score (nSPS) is 18.1. The number of nitrogens with two attached hydrogens (primary N) is 1. The molecule has 2 amide bonds. The fraction of sp³-hybridized carbons (Fsp3) is 0.512. The van der Waals surface area contributed by atoms with Crippen LogP contribution in [0.15, 0.2) is 55.0 Å². The zero-order valence-electron chi connectivity index (χ0n) is 32.2. The number of carbonyl (C=O) groups is 3. The molecule has 1 aromatic carbocycles. The molecule has 4 aliphatic rings. The maximum atomic E-state index is 13.6. The highest BCUT2D eigenvalue weighted by Crippen LogP contribution is 2.61. The highest BCUT2D eigenvalue weighted by atomic mass is 35.5. The van der Waals surface area contributed by atoms with Crippen molar-refractivity contribution >= 4 is 63.6 Å². The van der Waals surface area contributed by atoms with Crippen molar-refractivity contribution in [3.63, 3.8) is 0 Å². The van der Waals surface area contributed by atoms with Crippen LogP contribution in [-0.2, 0) is 19.8 Å². The predicted molar refractivity (Wildman–Crippen MR) is 216 cm³/mol. The SMILES string of the molecule is CC.CCCCC(C)n1ccc2cnc(Cl)nc21.CNC(=O)CCC(C=O)N1C(=O)C2(CC2)c2c(N3CC(C4CN(c5ccc(N)nc5)C4)C3)cccc21. The Morgan fingerprint density at radius 2 is 1.72 bits per heavy atom. The van der Waals surface area contributed by atoms with Crippen LogP contribution >= 0.6 is 11.6 Å². The second-order valence-electron chi connectivity index (χ2n) is 14.7. The van der Waals surface area contributed by atoms with Crippen molar-refractivity contribution < 1.29 is 14.4 Å². The molecule has 1 spiro atoms. The molecule has 3 N–H and O–H groups in total. The molecule has 2 atom stereocenters. The van der Waals surface area contributed by atoms with Gasteiger partial charge in [0.25, 0.3) is 0 Å². The van der Waals surface area contributed by atoms with Crippen LogP contribution in [0.25, 0.3) is 11.0 Å². The molecule has 2 saturated heterocycles. The van der Waals surface area contributed by atoms with E-state index < -0.39 is 11.5 Å². The topological polar surface area (TPSA) is 143 Å². The second-order valence-corrected chi connectivity index (χ2v) is 15.1. The van der Waals surface area contributed by atoms with Crippen LogP contribution in [0.3, 0.4) is 0 Å². The second kappa shape index (κ2) is 16.8. The molecule has 1 saturated carbocycles.